The summed E-state index contributed by atoms with van der Waals surface area (Å²) >= 11 is 0.606. The van der Waals surface area contributed by atoms with E-state index >= 15 is 0 Å². The quantitative estimate of drug-likeness (QED) is 0.499. The molecule has 3 nitrogen and oxygen atoms in total. The van der Waals surface area contributed by atoms with Gasteiger partial charge in [0.15, 0.2) is 0 Å². The highest BCUT2D eigenvalue weighted by Crippen LogP contribution is 2.15. The standard InChI is InChI=1S/C6H13NO2S/c1-4-6(2,3)9-5(8)10-7/h4,7H2,1-3H3. The van der Waals surface area contributed by atoms with E-state index in [1.807, 2.05) is 20.8 Å². The largest absolute Gasteiger partial charge is 0.451 e. The zero-order chi connectivity index (χ0) is 8.20. The van der Waals surface area contributed by atoms with Gasteiger partial charge in [0.2, 0.25) is 0 Å². The third-order valence-corrected chi connectivity index (χ3v) is 1.58. The Balaban J connectivity index is 3.76. The first kappa shape index (κ1) is 9.78. The lowest BCUT2D eigenvalue weighted by atomic mass is 10.1. The number of carbonyl (C=O) groups is 1. The van der Waals surface area contributed by atoms with Gasteiger partial charge >= 0.3 is 5.30 Å². The Morgan fingerprint density at radius 3 is 2.50 bits per heavy atom. The van der Waals surface area contributed by atoms with Crippen LogP contribution in [0.2, 0.25) is 0 Å². The molecule has 0 unspecified atom stereocenters. The Hall–Kier alpha value is -0.220. The number of hydrogen-bond donors (Lipinski definition) is 1. The van der Waals surface area contributed by atoms with Gasteiger partial charge in [0.05, 0.1) is 0 Å². The van der Waals surface area contributed by atoms with E-state index in [0.29, 0.717) is 11.9 Å². The third-order valence-electron chi connectivity index (χ3n) is 1.31. The van der Waals surface area contributed by atoms with Gasteiger partial charge in [-0.15, -0.1) is 0 Å². The molecule has 0 saturated heterocycles. The second kappa shape index (κ2) is 3.83. The van der Waals surface area contributed by atoms with Crippen LogP contribution in [0.1, 0.15) is 27.2 Å². The fourth-order valence-electron chi connectivity index (χ4n) is 0.322. The van der Waals surface area contributed by atoms with Crippen LogP contribution in [0.3, 0.4) is 0 Å². The van der Waals surface area contributed by atoms with Crippen molar-refractivity contribution >= 4 is 17.2 Å². The highest BCUT2D eigenvalue weighted by Gasteiger charge is 2.19. The van der Waals surface area contributed by atoms with E-state index in [1.54, 1.807) is 0 Å². The second-order valence-corrected chi connectivity index (χ2v) is 3.15. The molecular formula is C6H13NO2S. The predicted octanol–water partition coefficient (Wildman–Crippen LogP) is 1.92. The Bertz CT molecular complexity index is 125. The summed E-state index contributed by atoms with van der Waals surface area (Å²) in [5, 5.41) is 4.55. The molecule has 0 bridgehead atoms. The molecule has 0 spiro atoms. The van der Waals surface area contributed by atoms with Crippen LogP contribution in [-0.2, 0) is 4.74 Å². The van der Waals surface area contributed by atoms with Gasteiger partial charge in [0.25, 0.3) is 0 Å². The van der Waals surface area contributed by atoms with Gasteiger partial charge in [-0.1, -0.05) is 6.92 Å². The summed E-state index contributed by atoms with van der Waals surface area (Å²) in [4.78, 5) is 10.6. The molecule has 10 heavy (non-hydrogen) atoms. The van der Waals surface area contributed by atoms with Crippen LogP contribution in [0, 0.1) is 0 Å². The molecule has 60 valence electrons. The predicted molar refractivity (Wildman–Crippen MR) is 42.6 cm³/mol. The average Bonchev–Trinajstić information content (AvgIpc) is 1.87. The first-order valence-electron chi connectivity index (χ1n) is 3.11. The SMILES string of the molecule is CCC(C)(C)OC(=O)SN. The van der Waals surface area contributed by atoms with Crippen molar-refractivity contribution in [2.24, 2.45) is 5.14 Å². The Morgan fingerprint density at radius 2 is 2.20 bits per heavy atom. The maximum atomic E-state index is 10.6. The lowest BCUT2D eigenvalue weighted by molar-refractivity contribution is 0.0555. The van der Waals surface area contributed by atoms with Gasteiger partial charge < -0.3 is 4.74 Å². The number of nitrogens with two attached hydrogens (primary N) is 1. The summed E-state index contributed by atoms with van der Waals surface area (Å²) in [5.74, 6) is 0. The van der Waals surface area contributed by atoms with Gasteiger partial charge in [-0.2, -0.15) is 0 Å². The molecule has 0 aromatic carbocycles. The van der Waals surface area contributed by atoms with Gasteiger partial charge in [-0.3, -0.25) is 5.14 Å². The fraction of sp³-hybridized carbons (Fsp3) is 0.833. The Labute approximate surface area is 65.4 Å². The van der Waals surface area contributed by atoms with Gasteiger partial charge in [0.1, 0.15) is 5.60 Å². The molecule has 0 saturated carbocycles. The summed E-state index contributed by atoms with van der Waals surface area (Å²) in [5.41, 5.74) is -0.385. The zero-order valence-electron chi connectivity index (χ0n) is 6.51. The van der Waals surface area contributed by atoms with Crippen molar-refractivity contribution in [3.63, 3.8) is 0 Å². The lowest BCUT2D eigenvalue weighted by Gasteiger charge is -2.21. The third kappa shape index (κ3) is 3.74. The number of hydrogen-bond acceptors (Lipinski definition) is 4. The highest BCUT2D eigenvalue weighted by atomic mass is 32.2. The van der Waals surface area contributed by atoms with Crippen molar-refractivity contribution in [1.29, 1.82) is 0 Å². The van der Waals surface area contributed by atoms with Gasteiger partial charge in [-0.05, 0) is 20.3 Å². The van der Waals surface area contributed by atoms with Crippen molar-refractivity contribution < 1.29 is 9.53 Å². The molecule has 2 N–H and O–H groups in total. The minimum Gasteiger partial charge on any atom is -0.451 e. The van der Waals surface area contributed by atoms with E-state index in [9.17, 15) is 4.79 Å². The minimum absolute atomic E-state index is 0.385. The number of carbonyl (C=O) groups excluding carboxylic acids is 1. The van der Waals surface area contributed by atoms with Crippen LogP contribution in [0.15, 0.2) is 0 Å². The van der Waals surface area contributed by atoms with E-state index in [-0.39, 0.29) is 5.60 Å². The van der Waals surface area contributed by atoms with Crippen LogP contribution in [-0.4, -0.2) is 10.9 Å². The van der Waals surface area contributed by atoms with E-state index in [4.69, 9.17) is 9.88 Å². The Kier molecular flexibility index (Phi) is 3.75. The molecule has 0 aromatic rings. The first-order chi connectivity index (χ1) is 4.52. The molecular weight excluding hydrogens is 150 g/mol. The highest BCUT2D eigenvalue weighted by molar-refractivity contribution is 8.11. The monoisotopic (exact) mass is 163 g/mol. The number of rotatable bonds is 2. The molecule has 0 atom stereocenters. The van der Waals surface area contributed by atoms with Crippen molar-refractivity contribution in [3.8, 4) is 0 Å². The van der Waals surface area contributed by atoms with Crippen LogP contribution in [0.25, 0.3) is 0 Å². The summed E-state index contributed by atoms with van der Waals surface area (Å²) in [6.45, 7) is 5.65. The van der Waals surface area contributed by atoms with Crippen LogP contribution in [0.5, 0.6) is 0 Å². The van der Waals surface area contributed by atoms with Crippen LogP contribution < -0.4 is 5.14 Å². The number of ether oxygens (including phenoxy) is 1. The average molecular weight is 163 g/mol. The molecule has 0 heterocycles. The second-order valence-electron chi connectivity index (χ2n) is 2.58. The van der Waals surface area contributed by atoms with Gasteiger partial charge in [0, 0.05) is 11.9 Å². The van der Waals surface area contributed by atoms with E-state index in [0.717, 1.165) is 6.42 Å². The smallest absolute Gasteiger partial charge is 0.382 e. The normalized spacial score (nSPS) is 11.2. The first-order valence-corrected chi connectivity index (χ1v) is 3.99. The van der Waals surface area contributed by atoms with Gasteiger partial charge in [-0.25, -0.2) is 4.79 Å². The Morgan fingerprint density at radius 1 is 1.70 bits per heavy atom. The van der Waals surface area contributed by atoms with E-state index in [2.05, 4.69) is 0 Å². The van der Waals surface area contributed by atoms with Crippen LogP contribution in [0.4, 0.5) is 4.79 Å². The topological polar surface area (TPSA) is 52.3 Å². The summed E-state index contributed by atoms with van der Waals surface area (Å²) in [7, 11) is 0. The molecule has 0 aliphatic heterocycles. The van der Waals surface area contributed by atoms with Crippen molar-refractivity contribution in [3.05, 3.63) is 0 Å². The van der Waals surface area contributed by atoms with Crippen molar-refractivity contribution in [2.75, 3.05) is 0 Å². The molecule has 0 amide bonds. The molecule has 0 aromatic heterocycles. The molecule has 0 aliphatic carbocycles. The van der Waals surface area contributed by atoms with Crippen molar-refractivity contribution in [1.82, 2.24) is 0 Å². The maximum Gasteiger partial charge on any atom is 0.382 e. The van der Waals surface area contributed by atoms with E-state index in [1.165, 1.54) is 0 Å². The molecule has 0 rings (SSSR count). The summed E-state index contributed by atoms with van der Waals surface area (Å²) in [6.07, 6.45) is 0.791. The van der Waals surface area contributed by atoms with Crippen LogP contribution >= 0.6 is 11.9 Å². The summed E-state index contributed by atoms with van der Waals surface area (Å²) < 4.78 is 4.94. The molecule has 0 radical (unpaired) electrons. The molecule has 0 aliphatic rings. The van der Waals surface area contributed by atoms with E-state index < -0.39 is 5.30 Å². The van der Waals surface area contributed by atoms with Crippen molar-refractivity contribution in [2.45, 2.75) is 32.8 Å². The lowest BCUT2D eigenvalue weighted by Crippen LogP contribution is -2.25. The molecule has 0 fully saturated rings. The maximum absolute atomic E-state index is 10.6. The zero-order valence-corrected chi connectivity index (χ0v) is 7.33. The fourth-order valence-corrected chi connectivity index (χ4v) is 0.596. The minimum atomic E-state index is -0.424. The summed E-state index contributed by atoms with van der Waals surface area (Å²) in [6, 6.07) is 0. The molecule has 4 heteroatoms.